The lowest BCUT2D eigenvalue weighted by Gasteiger charge is -2.13. The summed E-state index contributed by atoms with van der Waals surface area (Å²) in [6, 6.07) is 6.11. The first-order chi connectivity index (χ1) is 14.0. The maximum atomic E-state index is 14.0. The van der Waals surface area contributed by atoms with E-state index in [2.05, 4.69) is 15.3 Å². The van der Waals surface area contributed by atoms with Gasteiger partial charge in [-0.15, -0.1) is 0 Å². The standard InChI is InChI=1S/C21H16F3N3O2/c22-15-5-13-6-16(29-21(13)17(7-15)14-8-25-11-26-9-14)10-27-20(28)4-12-1-2-18(23)19(24)3-12/h1-3,5,7-9,11,16H,4,6,10H2,(H,27,28)/t16-/m0/s1. The van der Waals surface area contributed by atoms with Crippen LogP contribution in [0.2, 0.25) is 0 Å². The van der Waals surface area contributed by atoms with Gasteiger partial charge in [0.25, 0.3) is 0 Å². The lowest BCUT2D eigenvalue weighted by atomic mass is 10.0. The third kappa shape index (κ3) is 4.21. The Bertz CT molecular complexity index is 1060. The van der Waals surface area contributed by atoms with Crippen molar-refractivity contribution in [1.82, 2.24) is 15.3 Å². The summed E-state index contributed by atoms with van der Waals surface area (Å²) in [5.74, 6) is -2.16. The Balaban J connectivity index is 1.41. The van der Waals surface area contributed by atoms with Gasteiger partial charge in [0.05, 0.1) is 13.0 Å². The van der Waals surface area contributed by atoms with Crippen LogP contribution in [0.25, 0.3) is 11.1 Å². The lowest BCUT2D eigenvalue weighted by molar-refractivity contribution is -0.120. The molecule has 2 aromatic carbocycles. The molecule has 3 aromatic rings. The van der Waals surface area contributed by atoms with E-state index in [1.54, 1.807) is 12.4 Å². The summed E-state index contributed by atoms with van der Waals surface area (Å²) in [6.07, 6.45) is 4.50. The van der Waals surface area contributed by atoms with Gasteiger partial charge in [-0.05, 0) is 29.8 Å². The molecule has 1 aromatic heterocycles. The number of ether oxygens (including phenoxy) is 1. The van der Waals surface area contributed by atoms with E-state index in [9.17, 15) is 18.0 Å². The molecule has 4 rings (SSSR count). The van der Waals surface area contributed by atoms with Gasteiger partial charge in [0.2, 0.25) is 5.91 Å². The molecule has 1 N–H and O–H groups in total. The van der Waals surface area contributed by atoms with Crippen LogP contribution in [-0.2, 0) is 17.6 Å². The lowest BCUT2D eigenvalue weighted by Crippen LogP contribution is -2.35. The highest BCUT2D eigenvalue weighted by atomic mass is 19.2. The molecule has 0 spiro atoms. The molecular formula is C21H16F3N3O2. The first-order valence-corrected chi connectivity index (χ1v) is 8.94. The Morgan fingerprint density at radius 3 is 2.66 bits per heavy atom. The zero-order chi connectivity index (χ0) is 20.4. The van der Waals surface area contributed by atoms with Crippen LogP contribution in [-0.4, -0.2) is 28.5 Å². The number of fused-ring (bicyclic) bond motifs is 1. The summed E-state index contributed by atoms with van der Waals surface area (Å²) in [4.78, 5) is 20.0. The molecular weight excluding hydrogens is 383 g/mol. The molecule has 0 saturated heterocycles. The highest BCUT2D eigenvalue weighted by Crippen LogP contribution is 2.39. The molecule has 29 heavy (non-hydrogen) atoms. The number of nitrogens with zero attached hydrogens (tertiary/aromatic N) is 2. The van der Waals surface area contributed by atoms with Crippen molar-refractivity contribution >= 4 is 5.91 Å². The number of benzene rings is 2. The van der Waals surface area contributed by atoms with E-state index in [-0.39, 0.29) is 25.0 Å². The number of hydrogen-bond acceptors (Lipinski definition) is 4. The number of nitrogens with one attached hydrogen (secondary N) is 1. The van der Waals surface area contributed by atoms with Gasteiger partial charge in [-0.2, -0.15) is 0 Å². The first-order valence-electron chi connectivity index (χ1n) is 8.94. The van der Waals surface area contributed by atoms with Crippen molar-refractivity contribution in [1.29, 1.82) is 0 Å². The van der Waals surface area contributed by atoms with Crippen molar-refractivity contribution in [3.63, 3.8) is 0 Å². The number of halogens is 3. The number of carbonyl (C=O) groups excluding carboxylic acids is 1. The van der Waals surface area contributed by atoms with Crippen LogP contribution in [0.4, 0.5) is 13.2 Å². The van der Waals surface area contributed by atoms with Gasteiger partial charge in [0.1, 0.15) is 24.0 Å². The highest BCUT2D eigenvalue weighted by molar-refractivity contribution is 5.78. The SMILES string of the molecule is O=C(Cc1ccc(F)c(F)c1)NC[C@@H]1Cc2cc(F)cc(-c3cncnc3)c2O1. The van der Waals surface area contributed by atoms with E-state index in [1.165, 1.54) is 24.5 Å². The number of aromatic nitrogens is 2. The molecule has 0 aliphatic carbocycles. The predicted octanol–water partition coefficient (Wildman–Crippen LogP) is 3.22. The molecule has 5 nitrogen and oxygen atoms in total. The summed E-state index contributed by atoms with van der Waals surface area (Å²) in [5, 5.41) is 2.72. The van der Waals surface area contributed by atoms with Gasteiger partial charge in [-0.1, -0.05) is 6.07 Å². The van der Waals surface area contributed by atoms with Gasteiger partial charge < -0.3 is 10.1 Å². The molecule has 0 fully saturated rings. The first kappa shape index (κ1) is 18.9. The van der Waals surface area contributed by atoms with Gasteiger partial charge in [-0.3, -0.25) is 4.79 Å². The van der Waals surface area contributed by atoms with E-state index < -0.39 is 17.5 Å². The van der Waals surface area contributed by atoms with Crippen molar-refractivity contribution < 1.29 is 22.7 Å². The molecule has 1 atom stereocenters. The third-order valence-corrected chi connectivity index (χ3v) is 4.61. The van der Waals surface area contributed by atoms with Gasteiger partial charge in [0.15, 0.2) is 11.6 Å². The van der Waals surface area contributed by atoms with Crippen LogP contribution < -0.4 is 10.1 Å². The molecule has 148 valence electrons. The Hall–Kier alpha value is -3.42. The fourth-order valence-corrected chi connectivity index (χ4v) is 3.29. The Kier molecular flexibility index (Phi) is 5.16. The second kappa shape index (κ2) is 7.90. The normalized spacial score (nSPS) is 14.9. The maximum absolute atomic E-state index is 14.0. The van der Waals surface area contributed by atoms with E-state index in [1.807, 2.05) is 0 Å². The molecule has 0 unspecified atom stereocenters. The highest BCUT2D eigenvalue weighted by Gasteiger charge is 2.27. The number of carbonyl (C=O) groups is 1. The van der Waals surface area contributed by atoms with Crippen LogP contribution in [0.15, 0.2) is 49.1 Å². The number of rotatable bonds is 5. The minimum absolute atomic E-state index is 0.0852. The summed E-state index contributed by atoms with van der Waals surface area (Å²) < 4.78 is 46.2. The minimum Gasteiger partial charge on any atom is -0.487 e. The average molecular weight is 399 g/mol. The number of hydrogen-bond donors (Lipinski definition) is 1. The Morgan fingerprint density at radius 2 is 1.90 bits per heavy atom. The van der Waals surface area contributed by atoms with Crippen LogP contribution in [0.5, 0.6) is 5.75 Å². The van der Waals surface area contributed by atoms with Crippen LogP contribution in [0, 0.1) is 17.5 Å². The van der Waals surface area contributed by atoms with Crippen molar-refractivity contribution in [2.24, 2.45) is 0 Å². The zero-order valence-corrected chi connectivity index (χ0v) is 15.2. The maximum Gasteiger partial charge on any atom is 0.224 e. The van der Waals surface area contributed by atoms with E-state index >= 15 is 0 Å². The van der Waals surface area contributed by atoms with E-state index in [4.69, 9.17) is 4.74 Å². The quantitative estimate of drug-likeness (QED) is 0.716. The van der Waals surface area contributed by atoms with Gasteiger partial charge in [0, 0.05) is 35.5 Å². The Labute approximate surface area is 164 Å². The molecule has 0 bridgehead atoms. The molecule has 1 amide bonds. The third-order valence-electron chi connectivity index (χ3n) is 4.61. The van der Waals surface area contributed by atoms with Crippen molar-refractivity contribution in [2.45, 2.75) is 18.9 Å². The molecule has 1 aliphatic heterocycles. The summed E-state index contributed by atoms with van der Waals surface area (Å²) in [7, 11) is 0. The Morgan fingerprint density at radius 1 is 1.10 bits per heavy atom. The minimum atomic E-state index is -0.996. The molecule has 8 heteroatoms. The summed E-state index contributed by atoms with van der Waals surface area (Å²) in [5.41, 5.74) is 2.25. The van der Waals surface area contributed by atoms with Crippen LogP contribution in [0.1, 0.15) is 11.1 Å². The second-order valence-electron chi connectivity index (χ2n) is 6.74. The molecule has 2 heterocycles. The second-order valence-corrected chi connectivity index (χ2v) is 6.74. The fraction of sp³-hybridized carbons (Fsp3) is 0.190. The van der Waals surface area contributed by atoms with Crippen molar-refractivity contribution in [2.75, 3.05) is 6.54 Å². The summed E-state index contributed by atoms with van der Waals surface area (Å²) >= 11 is 0. The topological polar surface area (TPSA) is 64.1 Å². The summed E-state index contributed by atoms with van der Waals surface area (Å²) in [6.45, 7) is 0.198. The number of amides is 1. The van der Waals surface area contributed by atoms with Gasteiger partial charge >= 0.3 is 0 Å². The monoisotopic (exact) mass is 399 g/mol. The van der Waals surface area contributed by atoms with Gasteiger partial charge in [-0.25, -0.2) is 23.1 Å². The fourth-order valence-electron chi connectivity index (χ4n) is 3.29. The van der Waals surface area contributed by atoms with E-state index in [0.29, 0.717) is 34.4 Å². The van der Waals surface area contributed by atoms with Crippen LogP contribution >= 0.6 is 0 Å². The van der Waals surface area contributed by atoms with Crippen molar-refractivity contribution in [3.8, 4) is 16.9 Å². The molecule has 0 saturated carbocycles. The zero-order valence-electron chi connectivity index (χ0n) is 15.2. The molecule has 0 radical (unpaired) electrons. The predicted molar refractivity (Wildman–Crippen MR) is 98.6 cm³/mol. The average Bonchev–Trinajstić information content (AvgIpc) is 3.12. The molecule has 1 aliphatic rings. The largest absolute Gasteiger partial charge is 0.487 e. The smallest absolute Gasteiger partial charge is 0.224 e. The van der Waals surface area contributed by atoms with E-state index in [0.717, 1.165) is 12.1 Å². The van der Waals surface area contributed by atoms with Crippen LogP contribution in [0.3, 0.4) is 0 Å². The van der Waals surface area contributed by atoms with Crippen molar-refractivity contribution in [3.05, 3.63) is 77.6 Å².